The number of aromatic nitrogens is 3. The fourth-order valence-corrected chi connectivity index (χ4v) is 6.72. The molecule has 0 N–H and O–H groups in total. The molecule has 3 heteroatoms. The van der Waals surface area contributed by atoms with Gasteiger partial charge in [-0.3, -0.25) is 0 Å². The van der Waals surface area contributed by atoms with Crippen LogP contribution in [0.4, 0.5) is 0 Å². The smallest absolute Gasteiger partial charge is 0.164 e. The Labute approximate surface area is 278 Å². The van der Waals surface area contributed by atoms with E-state index >= 15 is 0 Å². The lowest BCUT2D eigenvalue weighted by Crippen LogP contribution is -2.00. The minimum absolute atomic E-state index is 0.644. The molecule has 0 spiro atoms. The highest BCUT2D eigenvalue weighted by atomic mass is 15.0. The summed E-state index contributed by atoms with van der Waals surface area (Å²) in [4.78, 5) is 15.0. The quantitative estimate of drug-likeness (QED) is 0.144. The third-order valence-corrected chi connectivity index (χ3v) is 9.10. The number of hydrogen-bond donors (Lipinski definition) is 0. The highest BCUT2D eigenvalue weighted by Gasteiger charge is 2.15. The molecule has 0 radical (unpaired) electrons. The normalized spacial score (nSPS) is 11.3. The molecular weight excluding hydrogens is 583 g/mol. The van der Waals surface area contributed by atoms with Crippen LogP contribution in [-0.2, 0) is 0 Å². The molecular formula is C45H29N3. The molecule has 9 rings (SSSR count). The van der Waals surface area contributed by atoms with E-state index in [9.17, 15) is 0 Å². The lowest BCUT2D eigenvalue weighted by molar-refractivity contribution is 1.07. The molecule has 1 heterocycles. The minimum Gasteiger partial charge on any atom is -0.208 e. The van der Waals surface area contributed by atoms with Crippen molar-refractivity contribution in [2.45, 2.75) is 0 Å². The Morgan fingerprint density at radius 3 is 1.31 bits per heavy atom. The van der Waals surface area contributed by atoms with E-state index in [-0.39, 0.29) is 0 Å². The van der Waals surface area contributed by atoms with E-state index in [1.165, 1.54) is 43.4 Å². The summed E-state index contributed by atoms with van der Waals surface area (Å²) >= 11 is 0. The molecule has 224 valence electrons. The van der Waals surface area contributed by atoms with Gasteiger partial charge in [-0.05, 0) is 60.6 Å². The van der Waals surface area contributed by atoms with Crippen molar-refractivity contribution in [3.63, 3.8) is 0 Å². The molecule has 3 nitrogen and oxygen atoms in total. The first-order valence-electron chi connectivity index (χ1n) is 16.2. The van der Waals surface area contributed by atoms with Crippen LogP contribution in [0.5, 0.6) is 0 Å². The second-order valence-corrected chi connectivity index (χ2v) is 12.1. The summed E-state index contributed by atoms with van der Waals surface area (Å²) in [7, 11) is 0. The largest absolute Gasteiger partial charge is 0.208 e. The van der Waals surface area contributed by atoms with Crippen molar-refractivity contribution in [2.75, 3.05) is 0 Å². The van der Waals surface area contributed by atoms with Crippen LogP contribution in [0.3, 0.4) is 0 Å². The Bertz CT molecular complexity index is 2580. The zero-order valence-electron chi connectivity index (χ0n) is 26.1. The van der Waals surface area contributed by atoms with Crippen LogP contribution in [0.15, 0.2) is 176 Å². The van der Waals surface area contributed by atoms with Gasteiger partial charge in [-0.1, -0.05) is 170 Å². The van der Waals surface area contributed by atoms with Crippen LogP contribution >= 0.6 is 0 Å². The van der Waals surface area contributed by atoms with Gasteiger partial charge >= 0.3 is 0 Å². The predicted molar refractivity (Wildman–Crippen MR) is 200 cm³/mol. The molecule has 0 amide bonds. The molecule has 48 heavy (non-hydrogen) atoms. The first kappa shape index (κ1) is 27.8. The summed E-state index contributed by atoms with van der Waals surface area (Å²) in [5.74, 6) is 1.94. The molecule has 0 saturated carbocycles. The molecule has 0 atom stereocenters. The van der Waals surface area contributed by atoms with Crippen LogP contribution in [0, 0.1) is 0 Å². The van der Waals surface area contributed by atoms with E-state index in [4.69, 9.17) is 15.0 Å². The van der Waals surface area contributed by atoms with Crippen molar-refractivity contribution in [3.05, 3.63) is 176 Å². The highest BCUT2D eigenvalue weighted by Crippen LogP contribution is 2.40. The summed E-state index contributed by atoms with van der Waals surface area (Å²) in [6.07, 6.45) is 0. The fraction of sp³-hybridized carbons (Fsp3) is 0. The van der Waals surface area contributed by atoms with Crippen LogP contribution in [0.2, 0.25) is 0 Å². The van der Waals surface area contributed by atoms with Gasteiger partial charge in [0.05, 0.1) is 0 Å². The zero-order valence-corrected chi connectivity index (χ0v) is 26.1. The Morgan fingerprint density at radius 1 is 0.271 bits per heavy atom. The maximum atomic E-state index is 5.02. The Balaban J connectivity index is 1.18. The standard InChI is InChI=1S/C45H29N3/c1-3-11-30(12-4-1)31-19-24-35(25-20-31)44-46-43(34-14-5-2-6-15-34)47-45(48-44)36-26-22-33(23-27-36)41-40-18-10-8-16-37(40)29-38-28-21-32-13-7-9-17-39(32)42(38)41/h1-29H. The summed E-state index contributed by atoms with van der Waals surface area (Å²) in [5, 5.41) is 7.47. The maximum absolute atomic E-state index is 5.02. The van der Waals surface area contributed by atoms with Crippen LogP contribution in [-0.4, -0.2) is 15.0 Å². The topological polar surface area (TPSA) is 38.7 Å². The third kappa shape index (κ3) is 4.99. The summed E-state index contributed by atoms with van der Waals surface area (Å²) < 4.78 is 0. The van der Waals surface area contributed by atoms with E-state index in [1.807, 2.05) is 36.4 Å². The van der Waals surface area contributed by atoms with Gasteiger partial charge in [0.1, 0.15) is 0 Å². The first-order chi connectivity index (χ1) is 23.8. The van der Waals surface area contributed by atoms with Crippen LogP contribution < -0.4 is 0 Å². The zero-order chi connectivity index (χ0) is 31.9. The van der Waals surface area contributed by atoms with E-state index < -0.39 is 0 Å². The number of benzene rings is 8. The average molecular weight is 612 g/mol. The van der Waals surface area contributed by atoms with Gasteiger partial charge in [-0.15, -0.1) is 0 Å². The van der Waals surface area contributed by atoms with Gasteiger partial charge in [-0.2, -0.15) is 0 Å². The number of fused-ring (bicyclic) bond motifs is 4. The van der Waals surface area contributed by atoms with E-state index in [1.54, 1.807) is 0 Å². The fourth-order valence-electron chi connectivity index (χ4n) is 6.72. The number of rotatable bonds is 5. The van der Waals surface area contributed by atoms with Gasteiger partial charge in [0.25, 0.3) is 0 Å². The van der Waals surface area contributed by atoms with Crippen molar-refractivity contribution >= 4 is 32.3 Å². The molecule has 9 aromatic rings. The SMILES string of the molecule is c1ccc(-c2ccc(-c3nc(-c4ccccc4)nc(-c4ccc(-c5c6ccccc6cc6ccc7ccccc7c56)cc4)n3)cc2)cc1. The van der Waals surface area contributed by atoms with Gasteiger partial charge in [0.2, 0.25) is 0 Å². The van der Waals surface area contributed by atoms with E-state index in [0.29, 0.717) is 17.5 Å². The number of nitrogens with zero attached hydrogens (tertiary/aromatic N) is 3. The molecule has 0 saturated heterocycles. The molecule has 0 aliphatic heterocycles. The maximum Gasteiger partial charge on any atom is 0.164 e. The van der Waals surface area contributed by atoms with Crippen molar-refractivity contribution in [1.82, 2.24) is 15.0 Å². The second-order valence-electron chi connectivity index (χ2n) is 12.1. The predicted octanol–water partition coefficient (Wildman–Crippen LogP) is 11.7. The van der Waals surface area contributed by atoms with Gasteiger partial charge in [0, 0.05) is 16.7 Å². The Morgan fingerprint density at radius 2 is 0.688 bits per heavy atom. The highest BCUT2D eigenvalue weighted by molar-refractivity contribution is 6.21. The molecule has 0 aliphatic carbocycles. The molecule has 0 bridgehead atoms. The number of hydrogen-bond acceptors (Lipinski definition) is 3. The summed E-state index contributed by atoms with van der Waals surface area (Å²) in [5.41, 5.74) is 7.57. The minimum atomic E-state index is 0.644. The lowest BCUT2D eigenvalue weighted by Gasteiger charge is -2.15. The van der Waals surface area contributed by atoms with Crippen molar-refractivity contribution in [2.24, 2.45) is 0 Å². The Kier molecular flexibility index (Phi) is 6.80. The van der Waals surface area contributed by atoms with Crippen molar-refractivity contribution < 1.29 is 0 Å². The van der Waals surface area contributed by atoms with Gasteiger partial charge < -0.3 is 0 Å². The summed E-state index contributed by atoms with van der Waals surface area (Å²) in [6, 6.07) is 61.7. The average Bonchev–Trinajstić information content (AvgIpc) is 3.17. The molecule has 0 unspecified atom stereocenters. The summed E-state index contributed by atoms with van der Waals surface area (Å²) in [6.45, 7) is 0. The monoisotopic (exact) mass is 611 g/mol. The van der Waals surface area contributed by atoms with Gasteiger partial charge in [-0.25, -0.2) is 15.0 Å². The molecule has 8 aromatic carbocycles. The van der Waals surface area contributed by atoms with Crippen LogP contribution in [0.25, 0.3) is 88.7 Å². The third-order valence-electron chi connectivity index (χ3n) is 9.10. The lowest BCUT2D eigenvalue weighted by atomic mass is 9.89. The van der Waals surface area contributed by atoms with Crippen molar-refractivity contribution in [1.29, 1.82) is 0 Å². The Hall–Kier alpha value is -6.45. The first-order valence-corrected chi connectivity index (χ1v) is 16.2. The molecule has 0 aliphatic rings. The van der Waals surface area contributed by atoms with E-state index in [0.717, 1.165) is 27.8 Å². The van der Waals surface area contributed by atoms with E-state index in [2.05, 4.69) is 140 Å². The second kappa shape index (κ2) is 11.7. The van der Waals surface area contributed by atoms with Crippen LogP contribution in [0.1, 0.15) is 0 Å². The molecule has 0 fully saturated rings. The van der Waals surface area contributed by atoms with Crippen molar-refractivity contribution in [3.8, 4) is 56.4 Å². The molecule has 1 aromatic heterocycles. The van der Waals surface area contributed by atoms with Gasteiger partial charge in [0.15, 0.2) is 17.5 Å².